The number of rotatable bonds is 1. The smallest absolute Gasteiger partial charge is 0.337 e. The lowest BCUT2D eigenvalue weighted by molar-refractivity contribution is 0.0600. The Kier molecular flexibility index (Phi) is 7.20. The first-order chi connectivity index (χ1) is 8.55. The third-order valence-electron chi connectivity index (χ3n) is 1.81. The standard InChI is InChI=1S/C8H8O2.C8H18S/c1-10-8(9)7-5-3-2-4-6-7;1-7(2,3)9-8(4,5)6/h2-6H,1H3;1-6H3. The predicted octanol–water partition coefficient (Wildman–Crippen LogP) is 4.79. The van der Waals surface area contributed by atoms with Gasteiger partial charge in [0.15, 0.2) is 0 Å². The summed E-state index contributed by atoms with van der Waals surface area (Å²) in [5.41, 5.74) is 0.588. The summed E-state index contributed by atoms with van der Waals surface area (Å²) in [6.07, 6.45) is 0. The zero-order valence-corrected chi connectivity index (χ0v) is 13.9. The van der Waals surface area contributed by atoms with Gasteiger partial charge in [0, 0.05) is 9.49 Å². The van der Waals surface area contributed by atoms with Crippen LogP contribution < -0.4 is 0 Å². The maximum atomic E-state index is 10.8. The molecule has 2 nitrogen and oxygen atoms in total. The normalized spacial score (nSPS) is 11.3. The third-order valence-corrected chi connectivity index (χ3v) is 3.03. The van der Waals surface area contributed by atoms with Gasteiger partial charge in [0.25, 0.3) is 0 Å². The largest absolute Gasteiger partial charge is 0.465 e. The molecular weight excluding hydrogens is 256 g/mol. The van der Waals surface area contributed by atoms with Crippen LogP contribution in [0.1, 0.15) is 51.9 Å². The highest BCUT2D eigenvalue weighted by atomic mass is 32.2. The van der Waals surface area contributed by atoms with Gasteiger partial charge in [0.05, 0.1) is 12.7 Å². The molecule has 1 rings (SSSR count). The minimum Gasteiger partial charge on any atom is -0.465 e. The van der Waals surface area contributed by atoms with Crippen LogP contribution in [0.5, 0.6) is 0 Å². The molecule has 0 saturated heterocycles. The second kappa shape index (κ2) is 7.59. The van der Waals surface area contributed by atoms with Crippen LogP contribution in [0.25, 0.3) is 0 Å². The summed E-state index contributed by atoms with van der Waals surface area (Å²) < 4.78 is 5.30. The summed E-state index contributed by atoms with van der Waals surface area (Å²) in [5.74, 6) is -0.291. The Balaban J connectivity index is 0.000000344. The third kappa shape index (κ3) is 10.6. The van der Waals surface area contributed by atoms with E-state index >= 15 is 0 Å². The van der Waals surface area contributed by atoms with Crippen molar-refractivity contribution in [2.45, 2.75) is 51.0 Å². The Morgan fingerprint density at radius 1 is 0.947 bits per heavy atom. The van der Waals surface area contributed by atoms with Gasteiger partial charge in [-0.05, 0) is 12.1 Å². The Labute approximate surface area is 121 Å². The summed E-state index contributed by atoms with van der Waals surface area (Å²) in [7, 11) is 1.37. The maximum Gasteiger partial charge on any atom is 0.337 e. The number of hydrogen-bond acceptors (Lipinski definition) is 3. The van der Waals surface area contributed by atoms with E-state index in [-0.39, 0.29) is 5.97 Å². The molecule has 3 heteroatoms. The SMILES string of the molecule is CC(C)(C)SC(C)(C)C.COC(=O)c1ccccc1. The molecule has 0 aliphatic carbocycles. The van der Waals surface area contributed by atoms with Crippen LogP contribution in [0.2, 0.25) is 0 Å². The van der Waals surface area contributed by atoms with E-state index in [1.54, 1.807) is 24.3 Å². The summed E-state index contributed by atoms with van der Waals surface area (Å²) in [6, 6.07) is 8.88. The van der Waals surface area contributed by atoms with Gasteiger partial charge in [-0.2, -0.15) is 11.8 Å². The van der Waals surface area contributed by atoms with Crippen molar-refractivity contribution in [2.75, 3.05) is 7.11 Å². The van der Waals surface area contributed by atoms with Crippen molar-refractivity contribution in [3.8, 4) is 0 Å². The van der Waals surface area contributed by atoms with Crippen molar-refractivity contribution in [1.82, 2.24) is 0 Å². The minimum atomic E-state index is -0.291. The average molecular weight is 282 g/mol. The monoisotopic (exact) mass is 282 g/mol. The van der Waals surface area contributed by atoms with Crippen molar-refractivity contribution in [3.63, 3.8) is 0 Å². The van der Waals surface area contributed by atoms with Gasteiger partial charge in [0.1, 0.15) is 0 Å². The van der Waals surface area contributed by atoms with Crippen LogP contribution in [0.4, 0.5) is 0 Å². The molecule has 0 aliphatic heterocycles. The highest BCUT2D eigenvalue weighted by Gasteiger charge is 2.20. The highest BCUT2D eigenvalue weighted by Crippen LogP contribution is 2.35. The second-order valence-corrected chi connectivity index (χ2v) is 8.84. The number of carbonyl (C=O) groups is 1. The number of benzene rings is 1. The fourth-order valence-electron chi connectivity index (χ4n) is 1.61. The van der Waals surface area contributed by atoms with Crippen molar-refractivity contribution in [2.24, 2.45) is 0 Å². The van der Waals surface area contributed by atoms with E-state index in [4.69, 9.17) is 0 Å². The molecular formula is C16H26O2S. The molecule has 108 valence electrons. The summed E-state index contributed by atoms with van der Waals surface area (Å²) in [5, 5.41) is 0. The van der Waals surface area contributed by atoms with Crippen molar-refractivity contribution in [1.29, 1.82) is 0 Å². The molecule has 0 radical (unpaired) electrons. The Bertz CT molecular complexity index is 360. The summed E-state index contributed by atoms with van der Waals surface area (Å²) in [6.45, 7) is 13.5. The average Bonchev–Trinajstić information content (AvgIpc) is 2.25. The Morgan fingerprint density at radius 3 is 1.63 bits per heavy atom. The molecule has 0 heterocycles. The molecule has 0 atom stereocenters. The lowest BCUT2D eigenvalue weighted by Crippen LogP contribution is -2.19. The van der Waals surface area contributed by atoms with Gasteiger partial charge in [-0.15, -0.1) is 0 Å². The van der Waals surface area contributed by atoms with E-state index in [0.29, 0.717) is 15.1 Å². The molecule has 0 fully saturated rings. The molecule has 0 amide bonds. The van der Waals surface area contributed by atoms with Gasteiger partial charge in [-0.3, -0.25) is 0 Å². The number of hydrogen-bond donors (Lipinski definition) is 0. The van der Waals surface area contributed by atoms with Crippen LogP contribution in [0.3, 0.4) is 0 Å². The van der Waals surface area contributed by atoms with E-state index < -0.39 is 0 Å². The summed E-state index contributed by atoms with van der Waals surface area (Å²) in [4.78, 5) is 10.8. The first kappa shape index (κ1) is 18.0. The first-order valence-corrected chi connectivity index (χ1v) is 7.20. The first-order valence-electron chi connectivity index (χ1n) is 6.39. The molecule has 0 bridgehead atoms. The van der Waals surface area contributed by atoms with Crippen LogP contribution in [0, 0.1) is 0 Å². The fraction of sp³-hybridized carbons (Fsp3) is 0.562. The van der Waals surface area contributed by atoms with Crippen LogP contribution in [-0.2, 0) is 4.74 Å². The second-order valence-electron chi connectivity index (χ2n) is 6.18. The van der Waals surface area contributed by atoms with Crippen LogP contribution in [0.15, 0.2) is 30.3 Å². The van der Waals surface area contributed by atoms with E-state index in [1.807, 2.05) is 17.8 Å². The molecule has 0 spiro atoms. The molecule has 0 N–H and O–H groups in total. The van der Waals surface area contributed by atoms with Crippen molar-refractivity contribution < 1.29 is 9.53 Å². The molecule has 19 heavy (non-hydrogen) atoms. The molecule has 1 aromatic carbocycles. The number of methoxy groups -OCH3 is 1. The summed E-state index contributed by atoms with van der Waals surface area (Å²) >= 11 is 2.01. The zero-order valence-electron chi connectivity index (χ0n) is 13.1. The van der Waals surface area contributed by atoms with Gasteiger partial charge < -0.3 is 4.74 Å². The van der Waals surface area contributed by atoms with E-state index in [2.05, 4.69) is 46.3 Å². The van der Waals surface area contributed by atoms with Gasteiger partial charge >= 0.3 is 5.97 Å². The lowest BCUT2D eigenvalue weighted by Gasteiger charge is -2.28. The zero-order chi connectivity index (χ0) is 15.1. The number of thioether (sulfide) groups is 1. The maximum absolute atomic E-state index is 10.8. The quantitative estimate of drug-likeness (QED) is 0.693. The van der Waals surface area contributed by atoms with E-state index in [1.165, 1.54) is 7.11 Å². The van der Waals surface area contributed by atoms with Crippen LogP contribution >= 0.6 is 11.8 Å². The van der Waals surface area contributed by atoms with E-state index in [9.17, 15) is 4.79 Å². The Morgan fingerprint density at radius 2 is 1.37 bits per heavy atom. The van der Waals surface area contributed by atoms with Gasteiger partial charge in [-0.25, -0.2) is 4.79 Å². The van der Waals surface area contributed by atoms with Gasteiger partial charge in [0.2, 0.25) is 0 Å². The number of esters is 1. The molecule has 0 unspecified atom stereocenters. The molecule has 0 saturated carbocycles. The number of carbonyl (C=O) groups excluding carboxylic acids is 1. The minimum absolute atomic E-state index is 0.291. The van der Waals surface area contributed by atoms with E-state index in [0.717, 1.165) is 0 Å². The van der Waals surface area contributed by atoms with Crippen LogP contribution in [-0.4, -0.2) is 22.6 Å². The molecule has 1 aromatic rings. The molecule has 0 aromatic heterocycles. The van der Waals surface area contributed by atoms with Gasteiger partial charge in [-0.1, -0.05) is 59.7 Å². The number of ether oxygens (including phenoxy) is 1. The predicted molar refractivity (Wildman–Crippen MR) is 84.9 cm³/mol. The topological polar surface area (TPSA) is 26.3 Å². The van der Waals surface area contributed by atoms with Crippen molar-refractivity contribution >= 4 is 17.7 Å². The van der Waals surface area contributed by atoms with Crippen molar-refractivity contribution in [3.05, 3.63) is 35.9 Å². The molecule has 0 aliphatic rings. The highest BCUT2D eigenvalue weighted by molar-refractivity contribution is 8.01. The fourth-order valence-corrected chi connectivity index (χ4v) is 3.45. The lowest BCUT2D eigenvalue weighted by atomic mass is 10.2. The Hall–Kier alpha value is -0.960.